The molecule has 0 radical (unpaired) electrons. The maximum atomic E-state index is 13.1. The number of aromatic hydroxyl groups is 1. The first-order chi connectivity index (χ1) is 18.9. The topological polar surface area (TPSA) is 105 Å². The van der Waals surface area contributed by atoms with Crippen LogP contribution in [-0.2, 0) is 33.5 Å². The first-order valence-electron chi connectivity index (χ1n) is 14.0. The van der Waals surface area contributed by atoms with Crippen molar-refractivity contribution in [3.8, 4) is 5.75 Å². The number of phenolic OH excluding ortho intramolecular Hbond substituents is 1. The molecule has 4 rings (SSSR count). The van der Waals surface area contributed by atoms with Crippen LogP contribution in [0.5, 0.6) is 5.75 Å². The molecule has 1 aliphatic carbocycles. The number of carbonyl (C=O) groups excluding carboxylic acids is 2. The zero-order valence-corrected chi connectivity index (χ0v) is 24.4. The summed E-state index contributed by atoms with van der Waals surface area (Å²) in [7, 11) is 1.72. The number of Topliss-reactive ketones (excluding diaryl/α,β-unsaturated/α-hetero) is 1. The number of hydrogen-bond acceptors (Lipinski definition) is 6. The second-order valence-electron chi connectivity index (χ2n) is 11.7. The summed E-state index contributed by atoms with van der Waals surface area (Å²) in [5, 5.41) is 24.1. The minimum absolute atomic E-state index is 0.0523. The number of amides is 1. The van der Waals surface area contributed by atoms with E-state index in [9.17, 15) is 19.8 Å². The number of carbonyl (C=O) groups is 2. The Morgan fingerprint density at radius 1 is 1.12 bits per heavy atom. The molecule has 1 fully saturated rings. The molecule has 2 aromatic carbocycles. The van der Waals surface area contributed by atoms with E-state index in [0.29, 0.717) is 29.5 Å². The van der Waals surface area contributed by atoms with Crippen molar-refractivity contribution in [3.63, 3.8) is 0 Å². The van der Waals surface area contributed by atoms with Crippen LogP contribution in [0.1, 0.15) is 85.1 Å². The number of aliphatic hydroxyl groups is 1. The predicted octanol–water partition coefficient (Wildman–Crippen LogP) is 5.90. The van der Waals surface area contributed by atoms with Gasteiger partial charge in [-0.2, -0.15) is 0 Å². The van der Waals surface area contributed by atoms with Crippen LogP contribution < -0.4 is 5.32 Å². The molecule has 0 spiro atoms. The van der Waals surface area contributed by atoms with Crippen molar-refractivity contribution in [1.82, 2.24) is 5.32 Å². The average molecular weight is 548 g/mol. The summed E-state index contributed by atoms with van der Waals surface area (Å²) in [6.45, 7) is 10.1. The van der Waals surface area contributed by atoms with E-state index >= 15 is 0 Å². The van der Waals surface area contributed by atoms with E-state index in [0.717, 1.165) is 41.5 Å². The van der Waals surface area contributed by atoms with Crippen LogP contribution in [0.3, 0.4) is 0 Å². The third kappa shape index (κ3) is 6.31. The van der Waals surface area contributed by atoms with Gasteiger partial charge < -0.3 is 25.0 Å². The number of nitrogens with one attached hydrogen (secondary N) is 1. The standard InChI is InChI=1S/C33H41NO6/c1-19(2)7-8-22-17-23(10-14-27(22)35)32(38)34-30-28(36)15-13-25-20(3)21(9-12-26(25)31(30)37)18-24-11-16-29(39-6)33(4,5)40-24/h7,9-10,12,14,17,24,29,35,37H,8,11,13,15-16,18H2,1-6H3,(H,34,38). The second kappa shape index (κ2) is 12.0. The van der Waals surface area contributed by atoms with Gasteiger partial charge in [0.15, 0.2) is 5.78 Å². The summed E-state index contributed by atoms with van der Waals surface area (Å²) in [6.07, 6.45) is 5.74. The molecule has 2 aromatic rings. The summed E-state index contributed by atoms with van der Waals surface area (Å²) in [5.74, 6) is -0.962. The van der Waals surface area contributed by atoms with Crippen LogP contribution in [-0.4, -0.2) is 46.8 Å². The molecule has 2 atom stereocenters. The van der Waals surface area contributed by atoms with Crippen LogP contribution in [0.25, 0.3) is 5.76 Å². The zero-order chi connectivity index (χ0) is 29.2. The molecule has 1 aliphatic heterocycles. The van der Waals surface area contributed by atoms with Gasteiger partial charge in [0, 0.05) is 24.7 Å². The molecule has 0 saturated carbocycles. The van der Waals surface area contributed by atoms with E-state index in [1.807, 2.05) is 39.0 Å². The lowest BCUT2D eigenvalue weighted by Gasteiger charge is -2.42. The monoisotopic (exact) mass is 547 g/mol. The number of methoxy groups -OCH3 is 1. The first kappa shape index (κ1) is 29.6. The molecule has 3 N–H and O–H groups in total. The normalized spacial score (nSPS) is 20.5. The Labute approximate surface area is 236 Å². The summed E-state index contributed by atoms with van der Waals surface area (Å²) in [4.78, 5) is 26.2. The molecular formula is C33H41NO6. The van der Waals surface area contributed by atoms with Crippen molar-refractivity contribution in [2.45, 2.75) is 91.0 Å². The highest BCUT2D eigenvalue weighted by Gasteiger charge is 2.38. The van der Waals surface area contributed by atoms with Gasteiger partial charge in [-0.15, -0.1) is 0 Å². The molecular weight excluding hydrogens is 506 g/mol. The van der Waals surface area contributed by atoms with Crippen LogP contribution in [0.2, 0.25) is 0 Å². The number of aliphatic hydroxyl groups excluding tert-OH is 1. The van der Waals surface area contributed by atoms with E-state index in [2.05, 4.69) is 19.2 Å². The van der Waals surface area contributed by atoms with Gasteiger partial charge in [0.05, 0.1) is 17.8 Å². The molecule has 0 aromatic heterocycles. The largest absolute Gasteiger partial charge is 0.508 e. The number of ether oxygens (including phenoxy) is 2. The van der Waals surface area contributed by atoms with E-state index in [4.69, 9.17) is 9.47 Å². The van der Waals surface area contributed by atoms with Crippen LogP contribution in [0.4, 0.5) is 0 Å². The molecule has 1 amide bonds. The molecule has 2 unspecified atom stereocenters. The fourth-order valence-corrected chi connectivity index (χ4v) is 5.76. The third-order valence-corrected chi connectivity index (χ3v) is 8.12. The fraction of sp³-hybridized carbons (Fsp3) is 0.455. The highest BCUT2D eigenvalue weighted by Crippen LogP contribution is 2.35. The predicted molar refractivity (Wildman–Crippen MR) is 155 cm³/mol. The lowest BCUT2D eigenvalue weighted by atomic mass is 9.87. The minimum atomic E-state index is -0.517. The van der Waals surface area contributed by atoms with Crippen molar-refractivity contribution in [1.29, 1.82) is 0 Å². The Bertz CT molecular complexity index is 1370. The van der Waals surface area contributed by atoms with Crippen LogP contribution in [0, 0.1) is 6.92 Å². The third-order valence-electron chi connectivity index (χ3n) is 8.12. The Hall–Kier alpha value is -3.42. The van der Waals surface area contributed by atoms with Gasteiger partial charge >= 0.3 is 0 Å². The van der Waals surface area contributed by atoms with Crippen molar-refractivity contribution in [3.05, 3.63) is 81.1 Å². The Morgan fingerprint density at radius 2 is 1.88 bits per heavy atom. The number of benzene rings is 2. The van der Waals surface area contributed by atoms with E-state index < -0.39 is 5.91 Å². The molecule has 2 aliphatic rings. The number of ketones is 1. The smallest absolute Gasteiger partial charge is 0.255 e. The highest BCUT2D eigenvalue weighted by molar-refractivity contribution is 6.08. The maximum absolute atomic E-state index is 13.1. The molecule has 1 saturated heterocycles. The number of phenols is 1. The van der Waals surface area contributed by atoms with E-state index in [1.165, 1.54) is 12.1 Å². The molecule has 214 valence electrons. The van der Waals surface area contributed by atoms with Crippen molar-refractivity contribution < 1.29 is 29.3 Å². The van der Waals surface area contributed by atoms with Gasteiger partial charge in [0.25, 0.3) is 5.91 Å². The molecule has 7 heteroatoms. The number of rotatable bonds is 7. The Balaban J connectivity index is 1.58. The van der Waals surface area contributed by atoms with Gasteiger partial charge in [-0.3, -0.25) is 9.59 Å². The average Bonchev–Trinajstić information content (AvgIpc) is 3.01. The lowest BCUT2D eigenvalue weighted by Crippen LogP contribution is -2.48. The van der Waals surface area contributed by atoms with Crippen LogP contribution in [0.15, 0.2) is 47.7 Å². The summed E-state index contributed by atoms with van der Waals surface area (Å²) < 4.78 is 12.0. The molecule has 40 heavy (non-hydrogen) atoms. The molecule has 1 heterocycles. The summed E-state index contributed by atoms with van der Waals surface area (Å²) in [6, 6.07) is 8.40. The van der Waals surface area contributed by atoms with Gasteiger partial charge in [0.2, 0.25) is 0 Å². The number of allylic oxidation sites excluding steroid dienone is 3. The molecule has 7 nitrogen and oxygen atoms in total. The number of hydrogen-bond donors (Lipinski definition) is 3. The zero-order valence-electron chi connectivity index (χ0n) is 24.4. The Kier molecular flexibility index (Phi) is 8.86. The van der Waals surface area contributed by atoms with Crippen molar-refractivity contribution >= 4 is 17.4 Å². The quantitative estimate of drug-likeness (QED) is 0.373. The van der Waals surface area contributed by atoms with Crippen LogP contribution >= 0.6 is 0 Å². The maximum Gasteiger partial charge on any atom is 0.255 e. The fourth-order valence-electron chi connectivity index (χ4n) is 5.76. The summed E-state index contributed by atoms with van der Waals surface area (Å²) >= 11 is 0. The summed E-state index contributed by atoms with van der Waals surface area (Å²) in [5.41, 5.74) is 5.15. The van der Waals surface area contributed by atoms with Gasteiger partial charge in [-0.25, -0.2) is 0 Å². The minimum Gasteiger partial charge on any atom is -0.508 e. The van der Waals surface area contributed by atoms with E-state index in [-0.39, 0.29) is 47.2 Å². The highest BCUT2D eigenvalue weighted by atomic mass is 16.6. The lowest BCUT2D eigenvalue weighted by molar-refractivity contribution is -0.179. The van der Waals surface area contributed by atoms with E-state index in [1.54, 1.807) is 13.2 Å². The molecule has 0 bridgehead atoms. The van der Waals surface area contributed by atoms with Crippen molar-refractivity contribution in [2.24, 2.45) is 0 Å². The second-order valence-corrected chi connectivity index (χ2v) is 11.7. The van der Waals surface area contributed by atoms with Crippen molar-refractivity contribution in [2.75, 3.05) is 7.11 Å². The number of fused-ring (bicyclic) bond motifs is 1. The Morgan fingerprint density at radius 3 is 2.55 bits per heavy atom. The van der Waals surface area contributed by atoms with Gasteiger partial charge in [0.1, 0.15) is 17.2 Å². The SMILES string of the molecule is COC1CCC(Cc2ccc3c(c2C)CCC(=O)C(NC(=O)c2ccc(O)c(CC=C(C)C)c2)=C3O)OC1(C)C. The first-order valence-corrected chi connectivity index (χ1v) is 14.0. The van der Waals surface area contributed by atoms with Gasteiger partial charge in [-0.1, -0.05) is 23.8 Å². The van der Waals surface area contributed by atoms with Gasteiger partial charge in [-0.05, 0) is 107 Å².